The van der Waals surface area contributed by atoms with Crippen LogP contribution in [0.2, 0.25) is 0 Å². The van der Waals surface area contributed by atoms with E-state index in [9.17, 15) is 18.0 Å². The number of halogens is 4. The molecule has 19 heavy (non-hydrogen) atoms. The third-order valence-corrected chi connectivity index (χ3v) is 2.86. The molecule has 0 unspecified atom stereocenters. The lowest BCUT2D eigenvalue weighted by molar-refractivity contribution is 0.102. The van der Waals surface area contributed by atoms with E-state index in [2.05, 4.69) is 26.2 Å². The quantitative estimate of drug-likeness (QED) is 0.676. The first kappa shape index (κ1) is 13.5. The van der Waals surface area contributed by atoms with Gasteiger partial charge in [-0.2, -0.15) is 4.39 Å². The van der Waals surface area contributed by atoms with E-state index in [1.54, 1.807) is 0 Å². The Morgan fingerprint density at radius 2 is 1.89 bits per heavy atom. The topological polar surface area (TPSA) is 42.0 Å². The van der Waals surface area contributed by atoms with Crippen LogP contribution in [0.5, 0.6) is 0 Å². The fourth-order valence-corrected chi connectivity index (χ4v) is 1.67. The normalized spacial score (nSPS) is 10.3. The number of rotatable bonds is 2. The average Bonchev–Trinajstić information content (AvgIpc) is 2.36. The number of anilines is 1. The van der Waals surface area contributed by atoms with Gasteiger partial charge in [0.05, 0.1) is 15.7 Å². The molecule has 0 saturated carbocycles. The van der Waals surface area contributed by atoms with Gasteiger partial charge >= 0.3 is 0 Å². The summed E-state index contributed by atoms with van der Waals surface area (Å²) in [5, 5.41) is 2.24. The fourth-order valence-electron chi connectivity index (χ4n) is 1.32. The van der Waals surface area contributed by atoms with Crippen LogP contribution in [0.3, 0.4) is 0 Å². The molecule has 3 nitrogen and oxygen atoms in total. The Balaban J connectivity index is 2.24. The van der Waals surface area contributed by atoms with Gasteiger partial charge < -0.3 is 5.32 Å². The van der Waals surface area contributed by atoms with Crippen LogP contribution in [0.1, 0.15) is 10.4 Å². The maximum absolute atomic E-state index is 13.4. The lowest BCUT2D eigenvalue weighted by Gasteiger charge is -2.07. The van der Waals surface area contributed by atoms with Crippen molar-refractivity contribution in [2.24, 2.45) is 0 Å². The molecule has 1 N–H and O–H groups in total. The first-order valence-corrected chi connectivity index (χ1v) is 5.84. The molecule has 1 aromatic heterocycles. The van der Waals surface area contributed by atoms with E-state index in [0.29, 0.717) is 6.07 Å². The minimum atomic E-state index is -0.913. The lowest BCUT2D eigenvalue weighted by atomic mass is 10.2. The van der Waals surface area contributed by atoms with Crippen LogP contribution in [0.15, 0.2) is 34.9 Å². The van der Waals surface area contributed by atoms with Gasteiger partial charge in [0, 0.05) is 12.3 Å². The van der Waals surface area contributed by atoms with Gasteiger partial charge in [-0.1, -0.05) is 0 Å². The number of benzene rings is 1. The summed E-state index contributed by atoms with van der Waals surface area (Å²) < 4.78 is 39.0. The molecule has 0 radical (unpaired) electrons. The number of hydrogen-bond acceptors (Lipinski definition) is 2. The molecular formula is C12H6BrF3N2O. The Hall–Kier alpha value is -1.89. The van der Waals surface area contributed by atoms with Crippen LogP contribution in [-0.2, 0) is 0 Å². The molecule has 2 rings (SSSR count). The molecule has 1 heterocycles. The number of nitrogens with one attached hydrogen (secondary N) is 1. The summed E-state index contributed by atoms with van der Waals surface area (Å²) in [6.45, 7) is 0. The highest BCUT2D eigenvalue weighted by atomic mass is 79.9. The Morgan fingerprint density at radius 1 is 1.16 bits per heavy atom. The molecule has 0 aliphatic heterocycles. The summed E-state index contributed by atoms with van der Waals surface area (Å²) in [4.78, 5) is 15.0. The highest BCUT2D eigenvalue weighted by Gasteiger charge is 2.12. The Morgan fingerprint density at radius 3 is 2.53 bits per heavy atom. The number of nitrogens with zero attached hydrogens (tertiary/aromatic N) is 1. The maximum atomic E-state index is 13.4. The van der Waals surface area contributed by atoms with Crippen molar-refractivity contribution in [3.8, 4) is 0 Å². The van der Waals surface area contributed by atoms with E-state index in [1.807, 2.05) is 0 Å². The van der Waals surface area contributed by atoms with Crippen LogP contribution in [0.4, 0.5) is 18.9 Å². The smallest absolute Gasteiger partial charge is 0.257 e. The fraction of sp³-hybridized carbons (Fsp3) is 0. The van der Waals surface area contributed by atoms with Gasteiger partial charge in [-0.15, -0.1) is 0 Å². The van der Waals surface area contributed by atoms with E-state index in [-0.39, 0.29) is 15.7 Å². The van der Waals surface area contributed by atoms with Gasteiger partial charge in [0.1, 0.15) is 11.6 Å². The molecule has 0 saturated heterocycles. The molecule has 0 fully saturated rings. The standard InChI is InChI=1S/C12H6BrF3N2O/c13-7-3-10(9(15)4-8(7)14)18-12(19)6-1-2-11(16)17-5-6/h1-5H,(H,18,19). The van der Waals surface area contributed by atoms with Gasteiger partial charge in [-0.25, -0.2) is 13.8 Å². The number of aromatic nitrogens is 1. The van der Waals surface area contributed by atoms with Crippen LogP contribution in [0, 0.1) is 17.6 Å². The van der Waals surface area contributed by atoms with Crippen molar-refractivity contribution in [1.29, 1.82) is 0 Å². The number of pyridine rings is 1. The molecule has 0 atom stereocenters. The van der Waals surface area contributed by atoms with Gasteiger partial charge in [-0.05, 0) is 34.1 Å². The molecule has 7 heteroatoms. The summed E-state index contributed by atoms with van der Waals surface area (Å²) in [6.07, 6.45) is 1.02. The molecular weight excluding hydrogens is 325 g/mol. The second-order valence-corrected chi connectivity index (χ2v) is 4.42. The zero-order valence-corrected chi connectivity index (χ0v) is 10.8. The molecule has 0 bridgehead atoms. The molecule has 0 spiro atoms. The summed E-state index contributed by atoms with van der Waals surface area (Å²) >= 11 is 2.88. The number of amides is 1. The number of carbonyl (C=O) groups is 1. The highest BCUT2D eigenvalue weighted by molar-refractivity contribution is 9.10. The average molecular weight is 331 g/mol. The molecule has 2 aromatic rings. The van der Waals surface area contributed by atoms with E-state index >= 15 is 0 Å². The van der Waals surface area contributed by atoms with Crippen molar-refractivity contribution < 1.29 is 18.0 Å². The molecule has 0 aliphatic carbocycles. The van der Waals surface area contributed by atoms with Gasteiger partial charge in [-0.3, -0.25) is 4.79 Å². The minimum Gasteiger partial charge on any atom is -0.319 e. The van der Waals surface area contributed by atoms with E-state index in [1.165, 1.54) is 6.07 Å². The second kappa shape index (κ2) is 5.40. The van der Waals surface area contributed by atoms with Gasteiger partial charge in [0.25, 0.3) is 5.91 Å². The number of carbonyl (C=O) groups excluding carboxylic acids is 1. The summed E-state index contributed by atoms with van der Waals surface area (Å²) in [5.41, 5.74) is -0.135. The Labute approximate surface area is 114 Å². The molecule has 1 amide bonds. The third kappa shape index (κ3) is 3.11. The first-order chi connectivity index (χ1) is 8.97. The Kier molecular flexibility index (Phi) is 3.84. The molecule has 1 aromatic carbocycles. The lowest BCUT2D eigenvalue weighted by Crippen LogP contribution is -2.13. The van der Waals surface area contributed by atoms with Crippen molar-refractivity contribution in [3.05, 3.63) is 58.1 Å². The van der Waals surface area contributed by atoms with Crippen LogP contribution in [0.25, 0.3) is 0 Å². The maximum Gasteiger partial charge on any atom is 0.257 e. The van der Waals surface area contributed by atoms with Crippen molar-refractivity contribution in [2.45, 2.75) is 0 Å². The van der Waals surface area contributed by atoms with Crippen molar-refractivity contribution in [3.63, 3.8) is 0 Å². The minimum absolute atomic E-state index is 0.0152. The highest BCUT2D eigenvalue weighted by Crippen LogP contribution is 2.24. The predicted octanol–water partition coefficient (Wildman–Crippen LogP) is 3.51. The van der Waals surface area contributed by atoms with Crippen LogP contribution < -0.4 is 5.32 Å². The summed E-state index contributed by atoms with van der Waals surface area (Å²) in [7, 11) is 0. The Bertz CT molecular complexity index is 632. The van der Waals surface area contributed by atoms with Crippen molar-refractivity contribution >= 4 is 27.5 Å². The van der Waals surface area contributed by atoms with E-state index in [4.69, 9.17) is 0 Å². The summed E-state index contributed by atoms with van der Waals surface area (Å²) in [6, 6.07) is 3.95. The monoisotopic (exact) mass is 330 g/mol. The SMILES string of the molecule is O=C(Nc1cc(Br)c(F)cc1F)c1ccc(F)nc1. The third-order valence-electron chi connectivity index (χ3n) is 2.25. The van der Waals surface area contributed by atoms with Crippen LogP contribution in [-0.4, -0.2) is 10.9 Å². The second-order valence-electron chi connectivity index (χ2n) is 3.57. The molecule has 98 valence electrons. The van der Waals surface area contributed by atoms with E-state index in [0.717, 1.165) is 18.3 Å². The zero-order chi connectivity index (χ0) is 14.0. The largest absolute Gasteiger partial charge is 0.319 e. The number of hydrogen-bond donors (Lipinski definition) is 1. The van der Waals surface area contributed by atoms with Crippen molar-refractivity contribution in [2.75, 3.05) is 5.32 Å². The molecule has 0 aliphatic rings. The zero-order valence-electron chi connectivity index (χ0n) is 9.25. The van der Waals surface area contributed by atoms with Gasteiger partial charge in [0.15, 0.2) is 0 Å². The van der Waals surface area contributed by atoms with E-state index < -0.39 is 23.5 Å². The summed E-state index contributed by atoms with van der Waals surface area (Å²) in [5.74, 6) is -3.10. The first-order valence-electron chi connectivity index (χ1n) is 5.05. The van der Waals surface area contributed by atoms with Gasteiger partial charge in [0.2, 0.25) is 5.95 Å². The predicted molar refractivity (Wildman–Crippen MR) is 66.2 cm³/mol. The van der Waals surface area contributed by atoms with Crippen LogP contribution >= 0.6 is 15.9 Å². The van der Waals surface area contributed by atoms with Crippen molar-refractivity contribution in [1.82, 2.24) is 4.98 Å².